The standard InChI is InChI=1S/C9H10ClN3O2.C8H8ClN3O2.2CH4/c1-11-8(6-13(14)15)4-7-2-3-9(10)12-5-7;9-8-2-1-6(4-11-8)3-7(10)5-12(13)14;;/h2-3,5-6,11H,4H2,1H3;1-2,4-5H,3,10H2;2*1H4/b8-6-;7-5-;;. The van der Waals surface area contributed by atoms with Crippen molar-refractivity contribution in [1.82, 2.24) is 15.3 Å². The molecule has 2 aromatic heterocycles. The van der Waals surface area contributed by atoms with Crippen LogP contribution in [0.15, 0.2) is 60.5 Å². The number of hydrogen-bond acceptors (Lipinski definition) is 8. The number of nitrogens with zero attached hydrogens (tertiary/aromatic N) is 4. The first-order valence-corrected chi connectivity index (χ1v) is 8.77. The van der Waals surface area contributed by atoms with Crippen molar-refractivity contribution in [3.63, 3.8) is 0 Å². The number of hydrogen-bond donors (Lipinski definition) is 2. The SMILES string of the molecule is C.C.CN/C(=C\[N+](=O)[O-])Cc1ccc(Cl)nc1.N/C(=C\[N+](=O)[O-])Cc1ccc(Cl)nc1. The van der Waals surface area contributed by atoms with Crippen molar-refractivity contribution in [3.05, 3.63) is 102 Å². The maximum atomic E-state index is 10.3. The van der Waals surface area contributed by atoms with E-state index in [4.69, 9.17) is 28.9 Å². The zero-order valence-electron chi connectivity index (χ0n) is 15.3. The summed E-state index contributed by atoms with van der Waals surface area (Å²) in [5.41, 5.74) is 7.75. The van der Waals surface area contributed by atoms with Crippen LogP contribution in [0, 0.1) is 20.2 Å². The average molecular weight is 473 g/mol. The number of allylic oxidation sites excluding steroid dienone is 2. The average Bonchev–Trinajstić information content (AvgIpc) is 2.64. The summed E-state index contributed by atoms with van der Waals surface area (Å²) in [6.07, 6.45) is 5.56. The molecule has 3 N–H and O–H groups in total. The van der Waals surface area contributed by atoms with Gasteiger partial charge >= 0.3 is 0 Å². The highest BCUT2D eigenvalue weighted by atomic mass is 35.5. The van der Waals surface area contributed by atoms with E-state index in [0.717, 1.165) is 23.5 Å². The Morgan fingerprint density at radius 3 is 1.77 bits per heavy atom. The lowest BCUT2D eigenvalue weighted by Crippen LogP contribution is -2.10. The highest BCUT2D eigenvalue weighted by molar-refractivity contribution is 6.29. The Bertz CT molecular complexity index is 887. The number of nitrogens with two attached hydrogens (primary N) is 1. The minimum absolute atomic E-state index is 0. The smallest absolute Gasteiger partial charge is 0.253 e. The maximum Gasteiger partial charge on any atom is 0.253 e. The number of aromatic nitrogens is 2. The van der Waals surface area contributed by atoms with Gasteiger partial charge in [-0.25, -0.2) is 9.97 Å². The highest BCUT2D eigenvalue weighted by Crippen LogP contribution is 2.09. The summed E-state index contributed by atoms with van der Waals surface area (Å²) in [6.45, 7) is 0. The molecule has 2 rings (SSSR count). The lowest BCUT2D eigenvalue weighted by Gasteiger charge is -2.03. The third-order valence-corrected chi connectivity index (χ3v) is 3.68. The molecule has 2 heterocycles. The van der Waals surface area contributed by atoms with Gasteiger partial charge < -0.3 is 11.1 Å². The van der Waals surface area contributed by atoms with E-state index in [0.29, 0.717) is 28.8 Å². The molecule has 0 spiro atoms. The molecule has 0 aliphatic carbocycles. The minimum Gasteiger partial charge on any atom is -0.397 e. The molecule has 0 radical (unpaired) electrons. The topological polar surface area (TPSA) is 150 Å². The van der Waals surface area contributed by atoms with Crippen LogP contribution in [0.1, 0.15) is 26.0 Å². The first-order valence-electron chi connectivity index (χ1n) is 8.02. The maximum absolute atomic E-state index is 10.3. The number of nitro groups is 2. The molecule has 0 aliphatic heterocycles. The van der Waals surface area contributed by atoms with E-state index in [1.54, 1.807) is 37.5 Å². The van der Waals surface area contributed by atoms with Crippen molar-refractivity contribution in [2.24, 2.45) is 5.73 Å². The predicted octanol–water partition coefficient (Wildman–Crippen LogP) is 4.24. The van der Waals surface area contributed by atoms with Gasteiger partial charge in [-0.15, -0.1) is 0 Å². The van der Waals surface area contributed by atoms with Crippen molar-refractivity contribution in [2.75, 3.05) is 7.05 Å². The third kappa shape index (κ3) is 13.6. The van der Waals surface area contributed by atoms with Crippen molar-refractivity contribution in [2.45, 2.75) is 27.7 Å². The van der Waals surface area contributed by atoms with Crippen molar-refractivity contribution in [1.29, 1.82) is 0 Å². The van der Waals surface area contributed by atoms with Gasteiger partial charge in [0, 0.05) is 32.3 Å². The van der Waals surface area contributed by atoms with Gasteiger partial charge in [-0.3, -0.25) is 20.2 Å². The number of likely N-dealkylation sites (N-methyl/N-ethyl adjacent to an activating group) is 1. The van der Waals surface area contributed by atoms with Crippen LogP contribution in [0.4, 0.5) is 0 Å². The monoisotopic (exact) mass is 472 g/mol. The molecule has 0 amide bonds. The van der Waals surface area contributed by atoms with Crippen LogP contribution in [0.3, 0.4) is 0 Å². The summed E-state index contributed by atoms with van der Waals surface area (Å²) < 4.78 is 0. The summed E-state index contributed by atoms with van der Waals surface area (Å²) in [5.74, 6) is 0. The van der Waals surface area contributed by atoms with E-state index < -0.39 is 9.85 Å². The van der Waals surface area contributed by atoms with Gasteiger partial charge in [0.05, 0.1) is 21.2 Å². The Balaban J connectivity index is 0. The number of pyridine rings is 2. The molecule has 0 atom stereocenters. The first kappa shape index (κ1) is 30.0. The van der Waals surface area contributed by atoms with E-state index in [-0.39, 0.29) is 20.6 Å². The second-order valence-corrected chi connectivity index (χ2v) is 6.29. The molecule has 0 aliphatic rings. The number of rotatable bonds is 7. The van der Waals surface area contributed by atoms with Gasteiger partial charge in [0.15, 0.2) is 0 Å². The third-order valence-electron chi connectivity index (χ3n) is 3.23. The van der Waals surface area contributed by atoms with Crippen molar-refractivity contribution in [3.8, 4) is 0 Å². The fraction of sp³-hybridized carbons (Fsp3) is 0.263. The van der Waals surface area contributed by atoms with Crippen LogP contribution in [-0.2, 0) is 12.8 Å². The molecule has 0 bridgehead atoms. The summed E-state index contributed by atoms with van der Waals surface area (Å²) in [4.78, 5) is 27.0. The van der Waals surface area contributed by atoms with Crippen molar-refractivity contribution >= 4 is 23.2 Å². The predicted molar refractivity (Wildman–Crippen MR) is 123 cm³/mol. The largest absolute Gasteiger partial charge is 0.397 e. The van der Waals surface area contributed by atoms with E-state index in [1.165, 1.54) is 6.20 Å². The van der Waals surface area contributed by atoms with Gasteiger partial charge in [0.25, 0.3) is 12.4 Å². The summed E-state index contributed by atoms with van der Waals surface area (Å²) in [5, 5.41) is 23.9. The normalized spacial score (nSPS) is 10.5. The van der Waals surface area contributed by atoms with E-state index >= 15 is 0 Å². The van der Waals surface area contributed by atoms with Crippen LogP contribution in [0.25, 0.3) is 0 Å². The van der Waals surface area contributed by atoms with Crippen LogP contribution >= 0.6 is 23.2 Å². The summed E-state index contributed by atoms with van der Waals surface area (Å²) >= 11 is 11.2. The lowest BCUT2D eigenvalue weighted by molar-refractivity contribution is -0.403. The second kappa shape index (κ2) is 15.6. The van der Waals surface area contributed by atoms with Crippen LogP contribution in [0.2, 0.25) is 10.3 Å². The molecule has 31 heavy (non-hydrogen) atoms. The van der Waals surface area contributed by atoms with Crippen molar-refractivity contribution < 1.29 is 9.85 Å². The zero-order chi connectivity index (χ0) is 21.8. The molecule has 0 saturated heterocycles. The van der Waals surface area contributed by atoms with Gasteiger partial charge in [0.1, 0.15) is 10.3 Å². The zero-order valence-corrected chi connectivity index (χ0v) is 16.8. The van der Waals surface area contributed by atoms with Crippen LogP contribution in [-0.4, -0.2) is 26.9 Å². The molecule has 0 unspecified atom stereocenters. The second-order valence-electron chi connectivity index (χ2n) is 5.51. The first-order chi connectivity index (χ1) is 13.7. The number of nitrogens with one attached hydrogen (secondary N) is 1. The minimum atomic E-state index is -0.585. The molecule has 0 aromatic carbocycles. The lowest BCUT2D eigenvalue weighted by atomic mass is 10.2. The Kier molecular flexibility index (Phi) is 15.1. The molecular weight excluding hydrogens is 447 g/mol. The molecule has 12 heteroatoms. The molecule has 170 valence electrons. The Hall–Kier alpha value is -3.24. The number of halogens is 2. The molecular formula is C19H26Cl2N6O4. The Morgan fingerprint density at radius 1 is 0.968 bits per heavy atom. The van der Waals surface area contributed by atoms with E-state index in [2.05, 4.69) is 15.3 Å². The summed E-state index contributed by atoms with van der Waals surface area (Å²) in [7, 11) is 1.64. The van der Waals surface area contributed by atoms with Gasteiger partial charge in [0.2, 0.25) is 0 Å². The van der Waals surface area contributed by atoms with Gasteiger partial charge in [-0.05, 0) is 23.3 Å². The quantitative estimate of drug-likeness (QED) is 0.344. The molecule has 0 fully saturated rings. The fourth-order valence-electron chi connectivity index (χ4n) is 1.98. The molecule has 2 aromatic rings. The highest BCUT2D eigenvalue weighted by Gasteiger charge is 2.03. The molecule has 0 saturated carbocycles. The van der Waals surface area contributed by atoms with Crippen LogP contribution in [0.5, 0.6) is 0 Å². The molecule has 10 nitrogen and oxygen atoms in total. The Labute approximate surface area is 191 Å². The summed E-state index contributed by atoms with van der Waals surface area (Å²) in [6, 6.07) is 6.75. The van der Waals surface area contributed by atoms with Gasteiger partial charge in [-0.2, -0.15) is 0 Å². The van der Waals surface area contributed by atoms with Gasteiger partial charge in [-0.1, -0.05) is 50.2 Å². The van der Waals surface area contributed by atoms with E-state index in [1.807, 2.05) is 0 Å². The fourth-order valence-corrected chi connectivity index (χ4v) is 2.21. The Morgan fingerprint density at radius 2 is 1.42 bits per heavy atom. The van der Waals surface area contributed by atoms with E-state index in [9.17, 15) is 20.2 Å². The van der Waals surface area contributed by atoms with Crippen LogP contribution < -0.4 is 11.1 Å².